The largest absolute Gasteiger partial charge is 0.462 e. The minimum Gasteiger partial charge on any atom is -0.462 e. The molecule has 0 aliphatic heterocycles. The van der Waals surface area contributed by atoms with Crippen molar-refractivity contribution in [3.05, 3.63) is 36.0 Å². The molecular weight excluding hydrogens is 370 g/mol. The van der Waals surface area contributed by atoms with Crippen LogP contribution in [0, 0.1) is 0 Å². The first-order valence-electron chi connectivity index (χ1n) is 10.5. The van der Waals surface area contributed by atoms with Crippen LogP contribution in [-0.4, -0.2) is 42.6 Å². The number of rotatable bonds is 15. The fourth-order valence-electron chi connectivity index (χ4n) is 2.44. The molecule has 0 atom stereocenters. The lowest BCUT2D eigenvalue weighted by Crippen LogP contribution is -2.38. The first-order chi connectivity index (χ1) is 13.9. The number of carbonyl (C=O) groups is 3. The molecule has 0 unspecified atom stereocenters. The Balaban J connectivity index is 5.13. The molecule has 0 saturated carbocycles. The van der Waals surface area contributed by atoms with Crippen molar-refractivity contribution in [2.45, 2.75) is 72.6 Å². The lowest BCUT2D eigenvalue weighted by Gasteiger charge is -2.19. The van der Waals surface area contributed by atoms with Gasteiger partial charge in [0.2, 0.25) is 0 Å². The van der Waals surface area contributed by atoms with Gasteiger partial charge >= 0.3 is 5.97 Å². The van der Waals surface area contributed by atoms with Gasteiger partial charge < -0.3 is 9.47 Å². The average molecular weight is 408 g/mol. The zero-order valence-electron chi connectivity index (χ0n) is 18.5. The second-order valence-electron chi connectivity index (χ2n) is 6.76. The van der Waals surface area contributed by atoms with Crippen molar-refractivity contribution < 1.29 is 23.9 Å². The minimum absolute atomic E-state index is 0.149. The molecule has 0 aromatic carbocycles. The Kier molecular flexibility index (Phi) is 15.4. The van der Waals surface area contributed by atoms with E-state index in [-0.39, 0.29) is 12.3 Å². The summed E-state index contributed by atoms with van der Waals surface area (Å²) in [5.41, 5.74) is 0.564. The smallest absolute Gasteiger partial charge is 0.337 e. The molecule has 0 N–H and O–H groups in total. The Morgan fingerprint density at radius 1 is 0.966 bits per heavy atom. The fourth-order valence-corrected chi connectivity index (χ4v) is 2.44. The van der Waals surface area contributed by atoms with Gasteiger partial charge in [-0.25, -0.2) is 4.79 Å². The Labute approximate surface area is 175 Å². The van der Waals surface area contributed by atoms with Crippen LogP contribution in [0.4, 0.5) is 0 Å². The number of hydrogen-bond acceptors (Lipinski definition) is 5. The summed E-state index contributed by atoms with van der Waals surface area (Å²) in [7, 11) is 0. The normalized spacial score (nSPS) is 11.9. The lowest BCUT2D eigenvalue weighted by atomic mass is 10.1. The van der Waals surface area contributed by atoms with Crippen LogP contribution in [0.2, 0.25) is 0 Å². The Morgan fingerprint density at radius 2 is 1.66 bits per heavy atom. The SMILES string of the molecule is C=CC(=O)N(COCCCC)C(=O)C(C)=CC(=CCC)C(=O)OCCCCCC. The highest BCUT2D eigenvalue weighted by Crippen LogP contribution is 2.11. The molecule has 0 bridgehead atoms. The number of ether oxygens (including phenoxy) is 2. The maximum absolute atomic E-state index is 12.7. The van der Waals surface area contributed by atoms with Crippen LogP contribution >= 0.6 is 0 Å². The van der Waals surface area contributed by atoms with Gasteiger partial charge in [-0.1, -0.05) is 59.1 Å². The molecule has 0 radical (unpaired) electrons. The summed E-state index contributed by atoms with van der Waals surface area (Å²) in [4.78, 5) is 38.1. The summed E-state index contributed by atoms with van der Waals surface area (Å²) in [6.07, 6.45) is 10.7. The third-order valence-corrected chi connectivity index (χ3v) is 4.15. The molecule has 0 aliphatic rings. The maximum Gasteiger partial charge on any atom is 0.337 e. The summed E-state index contributed by atoms with van der Waals surface area (Å²) < 4.78 is 10.7. The molecule has 164 valence electrons. The van der Waals surface area contributed by atoms with Crippen LogP contribution < -0.4 is 0 Å². The first kappa shape index (κ1) is 26.8. The number of unbranched alkanes of at least 4 members (excludes halogenated alkanes) is 4. The van der Waals surface area contributed by atoms with Crippen molar-refractivity contribution in [1.82, 2.24) is 4.90 Å². The number of amides is 2. The molecule has 0 spiro atoms. The van der Waals surface area contributed by atoms with E-state index in [1.807, 2.05) is 13.8 Å². The molecule has 0 aliphatic carbocycles. The predicted octanol–water partition coefficient (Wildman–Crippen LogP) is 4.71. The highest BCUT2D eigenvalue weighted by atomic mass is 16.5. The molecular formula is C23H37NO5. The number of allylic oxidation sites excluding steroid dienone is 1. The standard InChI is InChI=1S/C23H37NO5/c1-6-10-12-13-16-29-23(27)20(14-8-3)17-19(5)22(26)24(21(25)9-4)18-28-15-11-7-2/h9,14,17H,4,6-8,10-13,15-16,18H2,1-3,5H3. The van der Waals surface area contributed by atoms with Crippen LogP contribution in [0.5, 0.6) is 0 Å². The Hall–Kier alpha value is -2.21. The summed E-state index contributed by atoms with van der Waals surface area (Å²) in [5, 5.41) is 0. The van der Waals surface area contributed by atoms with E-state index < -0.39 is 17.8 Å². The first-order valence-corrected chi connectivity index (χ1v) is 10.5. The van der Waals surface area contributed by atoms with E-state index in [2.05, 4.69) is 13.5 Å². The zero-order chi connectivity index (χ0) is 22.1. The highest BCUT2D eigenvalue weighted by Gasteiger charge is 2.21. The van der Waals surface area contributed by atoms with Crippen molar-refractivity contribution in [3.8, 4) is 0 Å². The molecule has 0 saturated heterocycles. The fraction of sp³-hybridized carbons (Fsp3) is 0.609. The molecule has 6 nitrogen and oxygen atoms in total. The van der Waals surface area contributed by atoms with E-state index >= 15 is 0 Å². The molecule has 0 heterocycles. The van der Waals surface area contributed by atoms with Gasteiger partial charge in [0.1, 0.15) is 6.73 Å². The highest BCUT2D eigenvalue weighted by molar-refractivity contribution is 6.08. The van der Waals surface area contributed by atoms with E-state index in [0.717, 1.165) is 49.5 Å². The number of hydrogen-bond donors (Lipinski definition) is 0. The molecule has 0 fully saturated rings. The summed E-state index contributed by atoms with van der Waals surface area (Å²) in [6, 6.07) is 0. The molecule has 2 amide bonds. The second-order valence-corrected chi connectivity index (χ2v) is 6.76. The van der Waals surface area contributed by atoms with E-state index in [4.69, 9.17) is 9.47 Å². The van der Waals surface area contributed by atoms with Gasteiger partial charge in [0.05, 0.1) is 12.2 Å². The van der Waals surface area contributed by atoms with Crippen molar-refractivity contribution in [1.29, 1.82) is 0 Å². The maximum atomic E-state index is 12.7. The van der Waals surface area contributed by atoms with Crippen LogP contribution in [0.25, 0.3) is 0 Å². The minimum atomic E-state index is -0.543. The Morgan fingerprint density at radius 3 is 2.24 bits per heavy atom. The Bertz CT molecular complexity index is 592. The molecule has 29 heavy (non-hydrogen) atoms. The van der Waals surface area contributed by atoms with Crippen LogP contribution in [0.15, 0.2) is 36.0 Å². The number of imide groups is 1. The van der Waals surface area contributed by atoms with Gasteiger partial charge in [-0.15, -0.1) is 0 Å². The number of esters is 1. The molecule has 0 rings (SSSR count). The van der Waals surface area contributed by atoms with Gasteiger partial charge in [-0.3, -0.25) is 14.5 Å². The van der Waals surface area contributed by atoms with Gasteiger partial charge in [-0.2, -0.15) is 0 Å². The van der Waals surface area contributed by atoms with E-state index in [0.29, 0.717) is 25.2 Å². The second kappa shape index (κ2) is 16.7. The number of nitrogens with zero attached hydrogens (tertiary/aromatic N) is 1. The van der Waals surface area contributed by atoms with Crippen molar-refractivity contribution >= 4 is 17.8 Å². The van der Waals surface area contributed by atoms with Crippen molar-refractivity contribution in [2.75, 3.05) is 19.9 Å². The van der Waals surface area contributed by atoms with E-state index in [1.54, 1.807) is 13.0 Å². The van der Waals surface area contributed by atoms with Gasteiger partial charge in [0.15, 0.2) is 0 Å². The van der Waals surface area contributed by atoms with Gasteiger partial charge in [-0.05, 0) is 38.3 Å². The third-order valence-electron chi connectivity index (χ3n) is 4.15. The zero-order valence-corrected chi connectivity index (χ0v) is 18.5. The summed E-state index contributed by atoms with van der Waals surface area (Å²) >= 11 is 0. The van der Waals surface area contributed by atoms with Gasteiger partial charge in [0, 0.05) is 12.2 Å². The predicted molar refractivity (Wildman–Crippen MR) is 115 cm³/mol. The van der Waals surface area contributed by atoms with Crippen LogP contribution in [0.3, 0.4) is 0 Å². The molecule has 0 aromatic rings. The number of carbonyl (C=O) groups excluding carboxylic acids is 3. The summed E-state index contributed by atoms with van der Waals surface area (Å²) in [6.45, 7) is 11.7. The van der Waals surface area contributed by atoms with E-state index in [9.17, 15) is 14.4 Å². The van der Waals surface area contributed by atoms with Crippen LogP contribution in [-0.2, 0) is 23.9 Å². The van der Waals surface area contributed by atoms with E-state index in [1.165, 1.54) is 6.08 Å². The molecule has 0 aromatic heterocycles. The van der Waals surface area contributed by atoms with Crippen LogP contribution in [0.1, 0.15) is 72.6 Å². The molecule has 6 heteroatoms. The van der Waals surface area contributed by atoms with Crippen molar-refractivity contribution in [2.24, 2.45) is 0 Å². The summed E-state index contributed by atoms with van der Waals surface area (Å²) in [5.74, 6) is -1.53. The third kappa shape index (κ3) is 11.4. The van der Waals surface area contributed by atoms with Gasteiger partial charge in [0.25, 0.3) is 11.8 Å². The topological polar surface area (TPSA) is 72.9 Å². The lowest BCUT2D eigenvalue weighted by molar-refractivity contribution is -0.145. The van der Waals surface area contributed by atoms with Crippen molar-refractivity contribution in [3.63, 3.8) is 0 Å². The average Bonchev–Trinajstić information content (AvgIpc) is 2.72. The quantitative estimate of drug-likeness (QED) is 0.129. The monoisotopic (exact) mass is 407 g/mol.